The Hall–Kier alpha value is -3.10. The van der Waals surface area contributed by atoms with Crippen LogP contribution < -0.4 is 15.5 Å². The SMILES string of the molecule is CC(C)(C)OC(=O)N1CCN(c2ccc(C(=O)N[C@H]3CCC(=O)NC3=O)cc2)CC1. The molecule has 0 aliphatic carbocycles. The second kappa shape index (κ2) is 8.73. The molecule has 3 rings (SSSR count). The van der Waals surface area contributed by atoms with Gasteiger partial charge in [-0.3, -0.25) is 19.7 Å². The fourth-order valence-electron chi connectivity index (χ4n) is 3.37. The minimum atomic E-state index is -0.698. The molecule has 2 fully saturated rings. The van der Waals surface area contributed by atoms with Gasteiger partial charge in [0.15, 0.2) is 0 Å². The summed E-state index contributed by atoms with van der Waals surface area (Å²) in [5.41, 5.74) is 0.880. The lowest BCUT2D eigenvalue weighted by Gasteiger charge is -2.36. The second-order valence-corrected chi connectivity index (χ2v) is 8.48. The number of carbonyl (C=O) groups is 4. The predicted molar refractivity (Wildman–Crippen MR) is 110 cm³/mol. The van der Waals surface area contributed by atoms with Crippen molar-refractivity contribution < 1.29 is 23.9 Å². The van der Waals surface area contributed by atoms with E-state index >= 15 is 0 Å². The Labute approximate surface area is 175 Å². The lowest BCUT2D eigenvalue weighted by Crippen LogP contribution is -2.52. The number of amides is 4. The number of rotatable bonds is 3. The van der Waals surface area contributed by atoms with Crippen LogP contribution >= 0.6 is 0 Å². The first-order chi connectivity index (χ1) is 14.1. The van der Waals surface area contributed by atoms with Crippen molar-refractivity contribution in [3.63, 3.8) is 0 Å². The van der Waals surface area contributed by atoms with Crippen LogP contribution in [0, 0.1) is 0 Å². The molecule has 2 aliphatic heterocycles. The fraction of sp³-hybridized carbons (Fsp3) is 0.524. The number of anilines is 1. The minimum Gasteiger partial charge on any atom is -0.444 e. The lowest BCUT2D eigenvalue weighted by molar-refractivity contribution is -0.134. The van der Waals surface area contributed by atoms with Crippen molar-refractivity contribution in [1.82, 2.24) is 15.5 Å². The zero-order valence-electron chi connectivity index (χ0n) is 17.6. The zero-order valence-corrected chi connectivity index (χ0v) is 17.6. The minimum absolute atomic E-state index is 0.213. The Morgan fingerprint density at radius 3 is 2.27 bits per heavy atom. The number of nitrogens with zero attached hydrogens (tertiary/aromatic N) is 2. The third kappa shape index (κ3) is 5.49. The monoisotopic (exact) mass is 416 g/mol. The van der Waals surface area contributed by atoms with Gasteiger partial charge in [-0.25, -0.2) is 4.79 Å². The number of benzene rings is 1. The molecule has 0 spiro atoms. The van der Waals surface area contributed by atoms with Gasteiger partial charge in [0.1, 0.15) is 11.6 Å². The molecule has 2 aliphatic rings. The van der Waals surface area contributed by atoms with Crippen molar-refractivity contribution in [2.45, 2.75) is 45.3 Å². The molecule has 9 nitrogen and oxygen atoms in total. The summed E-state index contributed by atoms with van der Waals surface area (Å²) >= 11 is 0. The van der Waals surface area contributed by atoms with Gasteiger partial charge in [-0.05, 0) is 51.5 Å². The highest BCUT2D eigenvalue weighted by molar-refractivity contribution is 6.03. The molecular formula is C21H28N4O5. The van der Waals surface area contributed by atoms with Gasteiger partial charge in [0.05, 0.1) is 0 Å². The predicted octanol–water partition coefficient (Wildman–Crippen LogP) is 1.28. The topological polar surface area (TPSA) is 108 Å². The molecule has 2 heterocycles. The molecule has 0 unspecified atom stereocenters. The highest BCUT2D eigenvalue weighted by atomic mass is 16.6. The third-order valence-corrected chi connectivity index (χ3v) is 4.97. The van der Waals surface area contributed by atoms with Crippen LogP contribution in [-0.4, -0.2) is 66.5 Å². The number of ether oxygens (including phenoxy) is 1. The second-order valence-electron chi connectivity index (χ2n) is 8.48. The molecule has 0 bridgehead atoms. The van der Waals surface area contributed by atoms with Gasteiger partial charge in [-0.2, -0.15) is 0 Å². The molecule has 1 atom stereocenters. The molecule has 4 amide bonds. The van der Waals surface area contributed by atoms with E-state index in [9.17, 15) is 19.2 Å². The summed E-state index contributed by atoms with van der Waals surface area (Å²) in [5.74, 6) is -1.15. The quantitative estimate of drug-likeness (QED) is 0.719. The Morgan fingerprint density at radius 1 is 1.07 bits per heavy atom. The Balaban J connectivity index is 1.52. The highest BCUT2D eigenvalue weighted by Gasteiger charge is 2.28. The van der Waals surface area contributed by atoms with Crippen LogP contribution in [0.5, 0.6) is 0 Å². The molecule has 0 radical (unpaired) electrons. The van der Waals surface area contributed by atoms with Crippen LogP contribution in [0.1, 0.15) is 44.0 Å². The summed E-state index contributed by atoms with van der Waals surface area (Å²) in [6.45, 7) is 8.00. The number of hydrogen-bond donors (Lipinski definition) is 2. The number of carbonyl (C=O) groups excluding carboxylic acids is 4. The van der Waals surface area contributed by atoms with Gasteiger partial charge in [0.25, 0.3) is 5.91 Å². The van der Waals surface area contributed by atoms with Gasteiger partial charge >= 0.3 is 6.09 Å². The number of piperidine rings is 1. The average Bonchev–Trinajstić information content (AvgIpc) is 2.69. The number of piperazine rings is 1. The zero-order chi connectivity index (χ0) is 21.9. The van der Waals surface area contributed by atoms with Crippen molar-refractivity contribution in [3.05, 3.63) is 29.8 Å². The Bertz CT molecular complexity index is 823. The van der Waals surface area contributed by atoms with Crippen molar-refractivity contribution in [2.75, 3.05) is 31.1 Å². The summed E-state index contributed by atoms with van der Waals surface area (Å²) in [6, 6.07) is 6.41. The van der Waals surface area contributed by atoms with Crippen LogP contribution in [0.4, 0.5) is 10.5 Å². The van der Waals surface area contributed by atoms with Gasteiger partial charge in [-0.15, -0.1) is 0 Å². The summed E-state index contributed by atoms with van der Waals surface area (Å²) < 4.78 is 5.41. The van der Waals surface area contributed by atoms with Gasteiger partial charge in [0.2, 0.25) is 11.8 Å². The van der Waals surface area contributed by atoms with Crippen molar-refractivity contribution in [3.8, 4) is 0 Å². The van der Waals surface area contributed by atoms with E-state index in [1.54, 1.807) is 17.0 Å². The standard InChI is InChI=1S/C21H28N4O5/c1-21(2,3)30-20(29)25-12-10-24(11-13-25)15-6-4-14(5-7-15)18(27)22-16-8-9-17(26)23-19(16)28/h4-7,16H,8-13H2,1-3H3,(H,22,27)(H,23,26,28)/t16-/m0/s1. The van der Waals surface area contributed by atoms with E-state index in [0.717, 1.165) is 5.69 Å². The molecule has 0 aromatic heterocycles. The molecule has 0 saturated carbocycles. The maximum atomic E-state index is 12.4. The van der Waals surface area contributed by atoms with E-state index in [1.807, 2.05) is 32.9 Å². The first kappa shape index (κ1) is 21.6. The largest absolute Gasteiger partial charge is 0.444 e. The molecule has 30 heavy (non-hydrogen) atoms. The maximum absolute atomic E-state index is 12.4. The van der Waals surface area contributed by atoms with Gasteiger partial charge in [0, 0.05) is 43.9 Å². The highest BCUT2D eigenvalue weighted by Crippen LogP contribution is 2.19. The van der Waals surface area contributed by atoms with Gasteiger partial charge in [-0.1, -0.05) is 0 Å². The maximum Gasteiger partial charge on any atom is 0.410 e. The van der Waals surface area contributed by atoms with E-state index in [2.05, 4.69) is 15.5 Å². The van der Waals surface area contributed by atoms with E-state index in [4.69, 9.17) is 4.74 Å². The van der Waals surface area contributed by atoms with Crippen LogP contribution in [0.3, 0.4) is 0 Å². The third-order valence-electron chi connectivity index (χ3n) is 4.97. The van der Waals surface area contributed by atoms with Crippen molar-refractivity contribution in [1.29, 1.82) is 0 Å². The Kier molecular flexibility index (Phi) is 6.28. The molecular weight excluding hydrogens is 388 g/mol. The normalized spacial score (nSPS) is 19.9. The van der Waals surface area contributed by atoms with Gasteiger partial charge < -0.3 is 19.9 Å². The number of nitrogens with one attached hydrogen (secondary N) is 2. The first-order valence-corrected chi connectivity index (χ1v) is 10.1. The van der Waals surface area contributed by atoms with E-state index < -0.39 is 17.6 Å². The van der Waals surface area contributed by atoms with E-state index in [-0.39, 0.29) is 24.3 Å². The number of hydrogen-bond acceptors (Lipinski definition) is 6. The lowest BCUT2D eigenvalue weighted by atomic mass is 10.1. The van der Waals surface area contributed by atoms with Crippen LogP contribution in [0.15, 0.2) is 24.3 Å². The summed E-state index contributed by atoms with van der Waals surface area (Å²) in [5, 5.41) is 4.89. The molecule has 1 aromatic carbocycles. The summed E-state index contributed by atoms with van der Waals surface area (Å²) in [6.07, 6.45) is 0.212. The fourth-order valence-corrected chi connectivity index (χ4v) is 3.37. The average molecular weight is 416 g/mol. The molecule has 162 valence electrons. The smallest absolute Gasteiger partial charge is 0.410 e. The van der Waals surface area contributed by atoms with Crippen LogP contribution in [-0.2, 0) is 14.3 Å². The molecule has 2 N–H and O–H groups in total. The van der Waals surface area contributed by atoms with E-state index in [0.29, 0.717) is 38.2 Å². The van der Waals surface area contributed by atoms with Crippen LogP contribution in [0.25, 0.3) is 0 Å². The first-order valence-electron chi connectivity index (χ1n) is 10.1. The molecule has 1 aromatic rings. The molecule has 9 heteroatoms. The Morgan fingerprint density at radius 2 is 1.70 bits per heavy atom. The van der Waals surface area contributed by atoms with Crippen molar-refractivity contribution >= 4 is 29.5 Å². The van der Waals surface area contributed by atoms with Crippen LogP contribution in [0.2, 0.25) is 0 Å². The summed E-state index contributed by atoms with van der Waals surface area (Å²) in [4.78, 5) is 51.4. The molecule has 2 saturated heterocycles. The summed E-state index contributed by atoms with van der Waals surface area (Å²) in [7, 11) is 0. The van der Waals surface area contributed by atoms with E-state index in [1.165, 1.54) is 0 Å². The number of imide groups is 1. The van der Waals surface area contributed by atoms with Crippen molar-refractivity contribution in [2.24, 2.45) is 0 Å².